The SMILES string of the molecule is CC(=O)SC1CC(=O)N(c2nc(C)c(Cl)s2)C1. The van der Waals surface area contributed by atoms with Crippen molar-refractivity contribution in [3.05, 3.63) is 10.0 Å². The molecule has 0 bridgehead atoms. The Morgan fingerprint density at radius 2 is 2.35 bits per heavy atom. The molecule has 1 aromatic rings. The van der Waals surface area contributed by atoms with E-state index in [1.54, 1.807) is 4.90 Å². The third-order valence-electron chi connectivity index (χ3n) is 2.38. The summed E-state index contributed by atoms with van der Waals surface area (Å²) in [5.41, 5.74) is 0.738. The van der Waals surface area contributed by atoms with Gasteiger partial charge in [0.15, 0.2) is 10.2 Å². The molecule has 2 heterocycles. The van der Waals surface area contributed by atoms with Crippen LogP contribution in [-0.4, -0.2) is 27.8 Å². The number of halogens is 1. The fourth-order valence-corrected chi connectivity index (χ4v) is 3.64. The minimum absolute atomic E-state index is 0.00849. The minimum Gasteiger partial charge on any atom is -0.288 e. The van der Waals surface area contributed by atoms with E-state index in [4.69, 9.17) is 11.6 Å². The lowest BCUT2D eigenvalue weighted by Crippen LogP contribution is -2.24. The van der Waals surface area contributed by atoms with Gasteiger partial charge in [0, 0.05) is 25.1 Å². The van der Waals surface area contributed by atoms with Crippen molar-refractivity contribution >= 4 is 50.9 Å². The minimum atomic E-state index is 0.00849. The van der Waals surface area contributed by atoms with E-state index in [2.05, 4.69) is 4.98 Å². The molecule has 0 aliphatic carbocycles. The molecule has 17 heavy (non-hydrogen) atoms. The summed E-state index contributed by atoms with van der Waals surface area (Å²) in [7, 11) is 0. The number of aryl methyl sites for hydroxylation is 1. The molecule has 4 nitrogen and oxygen atoms in total. The van der Waals surface area contributed by atoms with Gasteiger partial charge in [-0.25, -0.2) is 4.98 Å². The van der Waals surface area contributed by atoms with Gasteiger partial charge in [-0.1, -0.05) is 34.7 Å². The van der Waals surface area contributed by atoms with Crippen LogP contribution in [0.2, 0.25) is 4.34 Å². The zero-order valence-corrected chi connectivity index (χ0v) is 11.8. The molecule has 1 aromatic heterocycles. The van der Waals surface area contributed by atoms with E-state index in [0.717, 1.165) is 5.69 Å². The number of nitrogens with zero attached hydrogens (tertiary/aromatic N) is 2. The molecule has 0 spiro atoms. The second-order valence-corrected chi connectivity index (χ2v) is 6.85. The molecule has 0 aromatic carbocycles. The summed E-state index contributed by atoms with van der Waals surface area (Å²) in [6.45, 7) is 3.86. The molecule has 1 atom stereocenters. The molecule has 1 aliphatic heterocycles. The molecule has 0 N–H and O–H groups in total. The van der Waals surface area contributed by atoms with Crippen LogP contribution in [0.1, 0.15) is 19.0 Å². The van der Waals surface area contributed by atoms with E-state index < -0.39 is 0 Å². The summed E-state index contributed by atoms with van der Waals surface area (Å²) < 4.78 is 0.607. The van der Waals surface area contributed by atoms with Crippen molar-refractivity contribution in [2.75, 3.05) is 11.4 Å². The van der Waals surface area contributed by atoms with Crippen molar-refractivity contribution in [3.8, 4) is 0 Å². The van der Waals surface area contributed by atoms with Gasteiger partial charge >= 0.3 is 0 Å². The van der Waals surface area contributed by atoms with Gasteiger partial charge in [0.25, 0.3) is 0 Å². The highest BCUT2D eigenvalue weighted by molar-refractivity contribution is 8.14. The van der Waals surface area contributed by atoms with Gasteiger partial charge in [0.1, 0.15) is 4.34 Å². The zero-order chi connectivity index (χ0) is 12.6. The smallest absolute Gasteiger partial charge is 0.230 e. The van der Waals surface area contributed by atoms with Gasteiger partial charge in [-0.15, -0.1) is 0 Å². The number of thiazole rings is 1. The van der Waals surface area contributed by atoms with Gasteiger partial charge in [0.2, 0.25) is 5.91 Å². The van der Waals surface area contributed by atoms with E-state index in [1.165, 1.54) is 30.0 Å². The van der Waals surface area contributed by atoms with E-state index in [0.29, 0.717) is 22.4 Å². The van der Waals surface area contributed by atoms with Gasteiger partial charge in [-0.3, -0.25) is 14.5 Å². The largest absolute Gasteiger partial charge is 0.288 e. The Bertz CT molecular complexity index is 455. The van der Waals surface area contributed by atoms with E-state index >= 15 is 0 Å². The predicted octanol–water partition coefficient (Wildman–Crippen LogP) is 2.49. The molecule has 0 radical (unpaired) electrons. The maximum absolute atomic E-state index is 11.8. The Kier molecular flexibility index (Phi) is 3.75. The van der Waals surface area contributed by atoms with Crippen molar-refractivity contribution in [1.82, 2.24) is 4.98 Å². The Morgan fingerprint density at radius 1 is 1.65 bits per heavy atom. The Hall–Kier alpha value is -0.590. The van der Waals surface area contributed by atoms with Gasteiger partial charge in [-0.05, 0) is 6.92 Å². The quantitative estimate of drug-likeness (QED) is 0.840. The van der Waals surface area contributed by atoms with Crippen LogP contribution >= 0.6 is 34.7 Å². The number of carbonyl (C=O) groups excluding carboxylic acids is 2. The monoisotopic (exact) mass is 290 g/mol. The average Bonchev–Trinajstić information content (AvgIpc) is 2.71. The molecular weight excluding hydrogens is 280 g/mol. The van der Waals surface area contributed by atoms with Crippen molar-refractivity contribution < 1.29 is 9.59 Å². The second kappa shape index (κ2) is 4.96. The van der Waals surface area contributed by atoms with Crippen LogP contribution in [0.15, 0.2) is 0 Å². The standard InChI is InChI=1S/C10H11ClN2O2S2/c1-5-9(11)17-10(12-5)13-4-7(3-8(13)15)16-6(2)14/h7H,3-4H2,1-2H3. The van der Waals surface area contributed by atoms with Crippen molar-refractivity contribution in [3.63, 3.8) is 0 Å². The van der Waals surface area contributed by atoms with Crippen LogP contribution in [0, 0.1) is 6.92 Å². The molecular formula is C10H11ClN2O2S2. The van der Waals surface area contributed by atoms with Crippen molar-refractivity contribution in [2.24, 2.45) is 0 Å². The summed E-state index contributed by atoms with van der Waals surface area (Å²) in [6, 6.07) is 0. The number of amides is 1. The number of aromatic nitrogens is 1. The molecule has 1 saturated heterocycles. The fraction of sp³-hybridized carbons (Fsp3) is 0.500. The lowest BCUT2D eigenvalue weighted by Gasteiger charge is -2.11. The van der Waals surface area contributed by atoms with Gasteiger partial charge in [-0.2, -0.15) is 0 Å². The maximum Gasteiger partial charge on any atom is 0.230 e. The average molecular weight is 291 g/mol. The maximum atomic E-state index is 11.8. The highest BCUT2D eigenvalue weighted by Gasteiger charge is 2.33. The molecule has 1 aliphatic rings. The van der Waals surface area contributed by atoms with Crippen LogP contribution in [0.3, 0.4) is 0 Å². The number of carbonyl (C=O) groups is 2. The highest BCUT2D eigenvalue weighted by atomic mass is 35.5. The first-order chi connectivity index (χ1) is 7.97. The normalized spacial score (nSPS) is 20.1. The van der Waals surface area contributed by atoms with Crippen molar-refractivity contribution in [1.29, 1.82) is 0 Å². The molecule has 7 heteroatoms. The number of hydrogen-bond acceptors (Lipinski definition) is 5. The zero-order valence-electron chi connectivity index (χ0n) is 9.40. The Labute approximate surface area is 112 Å². The molecule has 2 rings (SSSR count). The Balaban J connectivity index is 2.12. The first kappa shape index (κ1) is 12.9. The fourth-order valence-electron chi connectivity index (χ4n) is 1.65. The lowest BCUT2D eigenvalue weighted by molar-refractivity contribution is -0.117. The summed E-state index contributed by atoms with van der Waals surface area (Å²) in [4.78, 5) is 28.7. The summed E-state index contributed by atoms with van der Waals surface area (Å²) in [5.74, 6) is 0.00849. The second-order valence-electron chi connectivity index (χ2n) is 3.80. The van der Waals surface area contributed by atoms with Crippen LogP contribution in [0.25, 0.3) is 0 Å². The van der Waals surface area contributed by atoms with Gasteiger partial charge < -0.3 is 0 Å². The van der Waals surface area contributed by atoms with Gasteiger partial charge in [0.05, 0.1) is 5.69 Å². The Morgan fingerprint density at radius 3 is 2.88 bits per heavy atom. The summed E-state index contributed by atoms with van der Waals surface area (Å²) in [6.07, 6.45) is 0.389. The first-order valence-corrected chi connectivity index (χ1v) is 7.15. The third kappa shape index (κ3) is 2.81. The van der Waals surface area contributed by atoms with Crippen LogP contribution < -0.4 is 4.90 Å². The number of thioether (sulfide) groups is 1. The first-order valence-electron chi connectivity index (χ1n) is 5.08. The number of hydrogen-bond donors (Lipinski definition) is 0. The lowest BCUT2D eigenvalue weighted by atomic mass is 10.4. The predicted molar refractivity (Wildman–Crippen MR) is 70.9 cm³/mol. The molecule has 92 valence electrons. The molecule has 1 amide bonds. The van der Waals surface area contributed by atoms with Crippen LogP contribution in [0.4, 0.5) is 5.13 Å². The van der Waals surface area contributed by atoms with Crippen LogP contribution in [-0.2, 0) is 9.59 Å². The third-order valence-corrected chi connectivity index (χ3v) is 4.84. The highest BCUT2D eigenvalue weighted by Crippen LogP contribution is 2.34. The van der Waals surface area contributed by atoms with E-state index in [9.17, 15) is 9.59 Å². The summed E-state index contributed by atoms with van der Waals surface area (Å²) >= 11 is 8.45. The topological polar surface area (TPSA) is 50.3 Å². The molecule has 0 saturated carbocycles. The molecule has 1 unspecified atom stereocenters. The van der Waals surface area contributed by atoms with Crippen LogP contribution in [0.5, 0.6) is 0 Å². The van der Waals surface area contributed by atoms with Crippen molar-refractivity contribution in [2.45, 2.75) is 25.5 Å². The number of rotatable bonds is 2. The summed E-state index contributed by atoms with van der Waals surface area (Å²) in [5, 5.41) is 0.699. The number of anilines is 1. The van der Waals surface area contributed by atoms with E-state index in [-0.39, 0.29) is 16.3 Å². The van der Waals surface area contributed by atoms with E-state index in [1.807, 2.05) is 6.92 Å². The molecule has 1 fully saturated rings.